The highest BCUT2D eigenvalue weighted by molar-refractivity contribution is 8.00. The molecule has 0 aliphatic carbocycles. The lowest BCUT2D eigenvalue weighted by atomic mass is 9.97. The molecule has 12 heavy (non-hydrogen) atoms. The maximum atomic E-state index is 11.4. The molecule has 1 heterocycles. The molecule has 1 aliphatic rings. The molecule has 1 fully saturated rings. The van der Waals surface area contributed by atoms with Crippen molar-refractivity contribution in [1.82, 2.24) is 0 Å². The molecule has 66 valence electrons. The summed E-state index contributed by atoms with van der Waals surface area (Å²) in [5, 5.41) is 8.85. The Bertz CT molecular complexity index is 209. The fourth-order valence-electron chi connectivity index (χ4n) is 1.37. The fourth-order valence-corrected chi connectivity index (χ4v) is 2.56. The number of carbonyl (C=O) groups is 1. The smallest absolute Gasteiger partial charge is 0.137 e. The molecule has 1 saturated heterocycles. The summed E-state index contributed by atoms with van der Waals surface area (Å²) in [5.74, 6) is 1.43. The van der Waals surface area contributed by atoms with Gasteiger partial charge in [-0.2, -0.15) is 17.0 Å². The highest BCUT2D eigenvalue weighted by atomic mass is 32.2. The third kappa shape index (κ3) is 2.53. The van der Waals surface area contributed by atoms with Crippen molar-refractivity contribution in [3.8, 4) is 6.07 Å². The maximum absolute atomic E-state index is 11.4. The van der Waals surface area contributed by atoms with E-state index >= 15 is 0 Å². The van der Waals surface area contributed by atoms with Crippen molar-refractivity contribution in [2.24, 2.45) is 5.92 Å². The van der Waals surface area contributed by atoms with Gasteiger partial charge in [0.1, 0.15) is 5.78 Å². The number of nitrogens with zero attached hydrogens (tertiary/aromatic N) is 1. The quantitative estimate of drug-likeness (QED) is 0.657. The Morgan fingerprint density at radius 1 is 1.75 bits per heavy atom. The van der Waals surface area contributed by atoms with Gasteiger partial charge >= 0.3 is 0 Å². The first-order valence-electron chi connectivity index (χ1n) is 4.25. The van der Waals surface area contributed by atoms with E-state index in [9.17, 15) is 4.79 Å². The van der Waals surface area contributed by atoms with Gasteiger partial charge in [0.15, 0.2) is 0 Å². The largest absolute Gasteiger partial charge is 0.299 e. The van der Waals surface area contributed by atoms with Crippen LogP contribution in [0.5, 0.6) is 0 Å². The molecule has 2 atom stereocenters. The van der Waals surface area contributed by atoms with Crippen molar-refractivity contribution in [3.63, 3.8) is 0 Å². The van der Waals surface area contributed by atoms with Crippen molar-refractivity contribution in [3.05, 3.63) is 0 Å². The van der Waals surface area contributed by atoms with Crippen molar-refractivity contribution in [1.29, 1.82) is 5.26 Å². The van der Waals surface area contributed by atoms with Gasteiger partial charge in [-0.3, -0.25) is 4.79 Å². The predicted octanol–water partition coefficient (Wildman–Crippen LogP) is 2.00. The van der Waals surface area contributed by atoms with E-state index in [0.29, 0.717) is 23.9 Å². The highest BCUT2D eigenvalue weighted by Crippen LogP contribution is 2.28. The normalized spacial score (nSPS) is 29.8. The summed E-state index contributed by atoms with van der Waals surface area (Å²) in [5.41, 5.74) is 0. The Labute approximate surface area is 77.3 Å². The molecule has 0 bridgehead atoms. The average molecular weight is 183 g/mol. The molecule has 0 aromatic carbocycles. The van der Waals surface area contributed by atoms with Gasteiger partial charge in [-0.25, -0.2) is 0 Å². The summed E-state index contributed by atoms with van der Waals surface area (Å²) >= 11 is 1.85. The van der Waals surface area contributed by atoms with Crippen LogP contribution >= 0.6 is 11.8 Å². The highest BCUT2D eigenvalue weighted by Gasteiger charge is 2.25. The zero-order valence-electron chi connectivity index (χ0n) is 7.25. The predicted molar refractivity (Wildman–Crippen MR) is 49.9 cm³/mol. The van der Waals surface area contributed by atoms with Crippen LogP contribution < -0.4 is 0 Å². The summed E-state index contributed by atoms with van der Waals surface area (Å²) in [6.45, 7) is 2.09. The van der Waals surface area contributed by atoms with Crippen LogP contribution in [-0.2, 0) is 4.79 Å². The van der Waals surface area contributed by atoms with E-state index in [2.05, 4.69) is 13.0 Å². The van der Waals surface area contributed by atoms with Gasteiger partial charge in [-0.1, -0.05) is 6.92 Å². The fraction of sp³-hybridized carbons (Fsp3) is 0.778. The second-order valence-electron chi connectivity index (χ2n) is 3.21. The molecule has 0 aromatic rings. The van der Waals surface area contributed by atoms with Crippen LogP contribution in [-0.4, -0.2) is 16.8 Å². The van der Waals surface area contributed by atoms with E-state index in [-0.39, 0.29) is 5.92 Å². The van der Waals surface area contributed by atoms with E-state index < -0.39 is 0 Å². The molecule has 0 aromatic heterocycles. The van der Waals surface area contributed by atoms with Crippen molar-refractivity contribution in [2.45, 2.75) is 31.4 Å². The zero-order chi connectivity index (χ0) is 8.97. The third-order valence-corrected chi connectivity index (χ3v) is 3.46. The van der Waals surface area contributed by atoms with Crippen LogP contribution in [0.15, 0.2) is 0 Å². The van der Waals surface area contributed by atoms with Gasteiger partial charge in [0, 0.05) is 29.8 Å². The van der Waals surface area contributed by atoms with E-state index in [0.717, 1.165) is 12.2 Å². The summed E-state index contributed by atoms with van der Waals surface area (Å²) < 4.78 is 0. The first-order chi connectivity index (χ1) is 5.74. The standard InChI is InChI=1S/C9H13NOS/c1-7-5-9(11)8(6-12-7)3-2-4-10/h7-8H,2-3,5-6H2,1H3. The van der Waals surface area contributed by atoms with E-state index in [4.69, 9.17) is 5.26 Å². The molecule has 3 heteroatoms. The molecular weight excluding hydrogens is 170 g/mol. The van der Waals surface area contributed by atoms with Gasteiger partial charge < -0.3 is 0 Å². The molecule has 0 amide bonds. The number of thioether (sulfide) groups is 1. The Balaban J connectivity index is 2.36. The Kier molecular flexibility index (Phi) is 3.61. The Morgan fingerprint density at radius 3 is 3.08 bits per heavy atom. The monoisotopic (exact) mass is 183 g/mol. The SMILES string of the molecule is CC1CC(=O)C(CCC#N)CS1. The lowest BCUT2D eigenvalue weighted by Crippen LogP contribution is -2.26. The lowest BCUT2D eigenvalue weighted by Gasteiger charge is -2.23. The van der Waals surface area contributed by atoms with Crippen LogP contribution in [0.4, 0.5) is 0 Å². The van der Waals surface area contributed by atoms with Crippen LogP contribution in [0, 0.1) is 17.2 Å². The maximum Gasteiger partial charge on any atom is 0.137 e. The summed E-state index contributed by atoms with van der Waals surface area (Å²) in [4.78, 5) is 11.4. The van der Waals surface area contributed by atoms with E-state index in [1.807, 2.05) is 11.8 Å². The number of rotatable bonds is 2. The van der Waals surface area contributed by atoms with Gasteiger partial charge in [-0.05, 0) is 6.42 Å². The molecule has 0 saturated carbocycles. The topological polar surface area (TPSA) is 40.9 Å². The summed E-state index contributed by atoms with van der Waals surface area (Å²) in [6.07, 6.45) is 1.97. The van der Waals surface area contributed by atoms with Crippen LogP contribution in [0.3, 0.4) is 0 Å². The van der Waals surface area contributed by atoms with Crippen molar-refractivity contribution in [2.75, 3.05) is 5.75 Å². The summed E-state index contributed by atoms with van der Waals surface area (Å²) in [6, 6.07) is 2.09. The number of hydrogen-bond donors (Lipinski definition) is 0. The molecule has 0 N–H and O–H groups in total. The van der Waals surface area contributed by atoms with Crippen LogP contribution in [0.1, 0.15) is 26.2 Å². The van der Waals surface area contributed by atoms with Crippen LogP contribution in [0.25, 0.3) is 0 Å². The Morgan fingerprint density at radius 2 is 2.50 bits per heavy atom. The third-order valence-electron chi connectivity index (χ3n) is 2.13. The van der Waals surface area contributed by atoms with Gasteiger partial charge in [-0.15, -0.1) is 0 Å². The molecule has 0 spiro atoms. The zero-order valence-corrected chi connectivity index (χ0v) is 8.06. The minimum atomic E-state index is 0.158. The Hall–Kier alpha value is -0.490. The number of Topliss-reactive ketones (excluding diaryl/α,β-unsaturated/α-hetero) is 1. The molecule has 2 nitrogen and oxygen atoms in total. The van der Waals surface area contributed by atoms with E-state index in [1.54, 1.807) is 0 Å². The molecule has 1 rings (SSSR count). The molecular formula is C9H13NOS. The number of carbonyl (C=O) groups excluding carboxylic acids is 1. The molecule has 0 radical (unpaired) electrons. The minimum absolute atomic E-state index is 0.158. The summed E-state index contributed by atoms with van der Waals surface area (Å²) in [7, 11) is 0. The van der Waals surface area contributed by atoms with E-state index in [1.165, 1.54) is 0 Å². The number of nitriles is 1. The molecule has 1 aliphatic heterocycles. The minimum Gasteiger partial charge on any atom is -0.299 e. The average Bonchev–Trinajstić information content (AvgIpc) is 2.03. The first kappa shape index (κ1) is 9.60. The number of hydrogen-bond acceptors (Lipinski definition) is 3. The van der Waals surface area contributed by atoms with Gasteiger partial charge in [0.25, 0.3) is 0 Å². The number of ketones is 1. The van der Waals surface area contributed by atoms with Crippen molar-refractivity contribution >= 4 is 17.5 Å². The van der Waals surface area contributed by atoms with Crippen molar-refractivity contribution < 1.29 is 4.79 Å². The van der Waals surface area contributed by atoms with Crippen LogP contribution in [0.2, 0.25) is 0 Å². The lowest BCUT2D eigenvalue weighted by molar-refractivity contribution is -0.122. The molecule has 2 unspecified atom stereocenters. The van der Waals surface area contributed by atoms with Gasteiger partial charge in [0.2, 0.25) is 0 Å². The second-order valence-corrected chi connectivity index (χ2v) is 4.68. The van der Waals surface area contributed by atoms with Gasteiger partial charge in [0.05, 0.1) is 6.07 Å². The first-order valence-corrected chi connectivity index (χ1v) is 5.30. The second kappa shape index (κ2) is 4.51.